The van der Waals surface area contributed by atoms with E-state index in [-0.39, 0.29) is 23.6 Å². The number of piperidine rings is 1. The number of rotatable bonds is 6. The van der Waals surface area contributed by atoms with Gasteiger partial charge in [0.15, 0.2) is 11.9 Å². The van der Waals surface area contributed by atoms with E-state index in [2.05, 4.69) is 0 Å². The van der Waals surface area contributed by atoms with E-state index in [9.17, 15) is 29.1 Å². The van der Waals surface area contributed by atoms with Gasteiger partial charge in [-0.05, 0) is 89.4 Å². The summed E-state index contributed by atoms with van der Waals surface area (Å²) < 4.78 is 24.2. The van der Waals surface area contributed by atoms with Gasteiger partial charge in [0, 0.05) is 55.5 Å². The van der Waals surface area contributed by atoms with Crippen molar-refractivity contribution in [3.05, 3.63) is 47.1 Å². The van der Waals surface area contributed by atoms with E-state index in [4.69, 9.17) is 18.9 Å². The standard InChI is InChI=1S/C39H49NO10/c1-21-18-28(48-35(45)22(21)2)23(3)26-19-31(47-24(4)41)38(46)27-20-32-39(50-32)30(49-34(44)13-12-33(43)40-16-8-7-9-17-40)11-10-29(42)37(39,6)25(27)14-15-36(26,38)5/h10-13,19,23,25,27-28,30-32,46H,7-9,14-18,20H2,1-6H3/b13-12+/t23-,25-,27+,28+,30-,31-,32+,36+,37-,38-,39+/m0/s1. The van der Waals surface area contributed by atoms with E-state index in [1.807, 2.05) is 33.8 Å². The molecule has 0 unspecified atom stereocenters. The average molecular weight is 692 g/mol. The highest BCUT2D eigenvalue weighted by Gasteiger charge is 2.83. The quantitative estimate of drug-likeness (QED) is 0.142. The van der Waals surface area contributed by atoms with Gasteiger partial charge >= 0.3 is 17.9 Å². The summed E-state index contributed by atoms with van der Waals surface area (Å²) in [6.07, 6.45) is 9.36. The number of ketones is 1. The average Bonchev–Trinajstić information content (AvgIpc) is 3.77. The Kier molecular flexibility index (Phi) is 8.37. The number of hydrogen-bond donors (Lipinski definition) is 1. The Labute approximate surface area is 293 Å². The first-order valence-electron chi connectivity index (χ1n) is 18.2. The van der Waals surface area contributed by atoms with Crippen LogP contribution in [-0.4, -0.2) is 88.3 Å². The molecule has 0 bridgehead atoms. The molecule has 270 valence electrons. The van der Waals surface area contributed by atoms with E-state index in [0.717, 1.165) is 36.5 Å². The molecule has 0 radical (unpaired) electrons. The Morgan fingerprint density at radius 1 is 1.04 bits per heavy atom. The van der Waals surface area contributed by atoms with Gasteiger partial charge in [0.1, 0.15) is 23.4 Å². The fraction of sp³-hybridized carbons (Fsp3) is 0.667. The lowest BCUT2D eigenvalue weighted by molar-refractivity contribution is -0.225. The van der Waals surface area contributed by atoms with Gasteiger partial charge in [-0.3, -0.25) is 14.4 Å². The number of fused-ring (bicyclic) bond motifs is 4. The zero-order valence-corrected chi connectivity index (χ0v) is 29.9. The van der Waals surface area contributed by atoms with Gasteiger partial charge in [-0.15, -0.1) is 0 Å². The number of amides is 1. The number of ether oxygens (including phenoxy) is 4. The van der Waals surface area contributed by atoms with Crippen LogP contribution in [0.2, 0.25) is 0 Å². The summed E-state index contributed by atoms with van der Waals surface area (Å²) >= 11 is 0. The molecule has 2 saturated heterocycles. The Morgan fingerprint density at radius 2 is 1.76 bits per heavy atom. The molecule has 7 aliphatic rings. The first kappa shape index (κ1) is 34.9. The number of nitrogens with zero attached hydrogens (tertiary/aromatic N) is 1. The van der Waals surface area contributed by atoms with Gasteiger partial charge < -0.3 is 29.0 Å². The lowest BCUT2D eigenvalue weighted by Gasteiger charge is -2.61. The van der Waals surface area contributed by atoms with Crippen LogP contribution in [0.4, 0.5) is 0 Å². The summed E-state index contributed by atoms with van der Waals surface area (Å²) in [5, 5.41) is 13.1. The summed E-state index contributed by atoms with van der Waals surface area (Å²) in [7, 11) is 0. The molecule has 50 heavy (non-hydrogen) atoms. The molecule has 1 spiro atoms. The van der Waals surface area contributed by atoms with Crippen molar-refractivity contribution in [3.63, 3.8) is 0 Å². The lowest BCUT2D eigenvalue weighted by atomic mass is 9.42. The minimum atomic E-state index is -1.59. The second-order valence-electron chi connectivity index (χ2n) is 16.0. The highest BCUT2D eigenvalue weighted by Crippen LogP contribution is 2.74. The molecule has 3 heterocycles. The highest BCUT2D eigenvalue weighted by atomic mass is 16.7. The van der Waals surface area contributed by atoms with Crippen molar-refractivity contribution in [2.45, 2.75) is 122 Å². The van der Waals surface area contributed by atoms with E-state index in [1.54, 1.807) is 17.9 Å². The third-order valence-corrected chi connectivity index (χ3v) is 13.8. The molecule has 4 aliphatic carbocycles. The molecule has 3 aliphatic heterocycles. The van der Waals surface area contributed by atoms with Crippen LogP contribution < -0.4 is 0 Å². The summed E-state index contributed by atoms with van der Waals surface area (Å²) in [4.78, 5) is 66.7. The summed E-state index contributed by atoms with van der Waals surface area (Å²) in [5.74, 6) is -3.16. The second kappa shape index (κ2) is 12.0. The van der Waals surface area contributed by atoms with Crippen molar-refractivity contribution >= 4 is 29.6 Å². The summed E-state index contributed by atoms with van der Waals surface area (Å²) in [6, 6.07) is 0. The lowest BCUT2D eigenvalue weighted by Crippen LogP contribution is -2.70. The van der Waals surface area contributed by atoms with Crippen LogP contribution in [0.15, 0.2) is 47.1 Å². The Bertz CT molecular complexity index is 1650. The molecule has 4 fully saturated rings. The van der Waals surface area contributed by atoms with Crippen molar-refractivity contribution in [1.82, 2.24) is 4.90 Å². The monoisotopic (exact) mass is 691 g/mol. The molecular weight excluding hydrogens is 642 g/mol. The summed E-state index contributed by atoms with van der Waals surface area (Å²) in [6.45, 7) is 12.2. The number of carbonyl (C=O) groups excluding carboxylic acids is 5. The molecule has 11 heteroatoms. The fourth-order valence-electron chi connectivity index (χ4n) is 10.8. The van der Waals surface area contributed by atoms with Crippen molar-refractivity contribution in [2.75, 3.05) is 13.1 Å². The molecule has 7 rings (SSSR count). The van der Waals surface area contributed by atoms with Gasteiger partial charge in [-0.2, -0.15) is 0 Å². The maximum atomic E-state index is 14.1. The number of hydrogen-bond acceptors (Lipinski definition) is 10. The molecule has 2 saturated carbocycles. The van der Waals surface area contributed by atoms with Crippen molar-refractivity contribution in [3.8, 4) is 0 Å². The van der Waals surface area contributed by atoms with Crippen LogP contribution in [0.25, 0.3) is 0 Å². The number of cyclic esters (lactones) is 1. The minimum Gasteiger partial charge on any atom is -0.458 e. The second-order valence-corrected chi connectivity index (χ2v) is 16.0. The SMILES string of the molecule is CC(=O)O[C@H]1C=C([C@H](C)[C@H]2CC(C)=C(C)C(=O)O2)[C@@]2(C)CC[C@H]3[C@@H](C[C@H]4O[C@]45[C@@H](OC(=O)/C=C/C(=O)N4CCCCC4)C=CC(=O)[C@]35C)[C@]12O. The first-order valence-corrected chi connectivity index (χ1v) is 18.2. The van der Waals surface area contributed by atoms with E-state index in [0.29, 0.717) is 44.3 Å². The molecular formula is C39H49NO10. The zero-order chi connectivity index (χ0) is 36.0. The van der Waals surface area contributed by atoms with Crippen LogP contribution in [0.3, 0.4) is 0 Å². The van der Waals surface area contributed by atoms with Crippen LogP contribution in [0.5, 0.6) is 0 Å². The smallest absolute Gasteiger partial charge is 0.333 e. The Balaban J connectivity index is 1.17. The maximum Gasteiger partial charge on any atom is 0.333 e. The Hall–Kier alpha value is -3.57. The first-order chi connectivity index (χ1) is 23.6. The van der Waals surface area contributed by atoms with Crippen LogP contribution in [0.1, 0.15) is 86.5 Å². The van der Waals surface area contributed by atoms with Crippen LogP contribution >= 0.6 is 0 Å². The molecule has 0 aromatic heterocycles. The number of likely N-dealkylation sites (tertiary alicyclic amines) is 1. The topological polar surface area (TPSA) is 149 Å². The van der Waals surface area contributed by atoms with Gasteiger partial charge in [-0.1, -0.05) is 25.0 Å². The molecule has 1 N–H and O–H groups in total. The van der Waals surface area contributed by atoms with Crippen LogP contribution in [-0.2, 0) is 42.9 Å². The number of epoxide rings is 1. The Morgan fingerprint density at radius 3 is 2.44 bits per heavy atom. The van der Waals surface area contributed by atoms with E-state index < -0.39 is 70.2 Å². The van der Waals surface area contributed by atoms with Gasteiger partial charge in [0.25, 0.3) is 0 Å². The molecule has 11 atom stereocenters. The predicted molar refractivity (Wildman–Crippen MR) is 179 cm³/mol. The van der Waals surface area contributed by atoms with Crippen molar-refractivity contribution in [2.24, 2.45) is 28.6 Å². The van der Waals surface area contributed by atoms with Crippen molar-refractivity contribution in [1.29, 1.82) is 0 Å². The normalized spacial score (nSPS) is 42.5. The molecule has 0 aromatic carbocycles. The number of aliphatic hydroxyl groups is 1. The molecule has 1 amide bonds. The fourth-order valence-corrected chi connectivity index (χ4v) is 10.8. The highest BCUT2D eigenvalue weighted by molar-refractivity contribution is 5.99. The largest absolute Gasteiger partial charge is 0.458 e. The number of esters is 3. The van der Waals surface area contributed by atoms with Gasteiger partial charge in [0.2, 0.25) is 5.91 Å². The number of carbonyl (C=O) groups is 5. The maximum absolute atomic E-state index is 14.1. The van der Waals surface area contributed by atoms with Crippen molar-refractivity contribution < 1.29 is 48.0 Å². The number of allylic oxidation sites excluding steroid dienone is 1. The predicted octanol–water partition coefficient (Wildman–Crippen LogP) is 4.08. The molecule has 11 nitrogen and oxygen atoms in total. The van der Waals surface area contributed by atoms with Gasteiger partial charge in [-0.25, -0.2) is 9.59 Å². The third kappa shape index (κ3) is 4.85. The minimum absolute atomic E-state index is 0.166. The van der Waals surface area contributed by atoms with E-state index in [1.165, 1.54) is 19.1 Å². The molecule has 0 aromatic rings. The third-order valence-electron chi connectivity index (χ3n) is 13.8. The zero-order valence-electron chi connectivity index (χ0n) is 29.9. The van der Waals surface area contributed by atoms with Gasteiger partial charge in [0.05, 0.1) is 11.5 Å². The van der Waals surface area contributed by atoms with E-state index >= 15 is 0 Å². The van der Waals surface area contributed by atoms with Crippen LogP contribution in [0, 0.1) is 28.6 Å². The summed E-state index contributed by atoms with van der Waals surface area (Å²) in [5.41, 5.74) is -2.28.